The normalized spacial score (nSPS) is 10.3. The van der Waals surface area contributed by atoms with Gasteiger partial charge in [0.05, 0.1) is 17.8 Å². The largest absolute Gasteiger partial charge is 0.481 e. The minimum absolute atomic E-state index is 0.125. The molecule has 16 heavy (non-hydrogen) atoms. The van der Waals surface area contributed by atoms with Gasteiger partial charge in [0, 0.05) is 0 Å². The predicted molar refractivity (Wildman–Crippen MR) is 59.9 cm³/mol. The highest BCUT2D eigenvalue weighted by Gasteiger charge is 2.09. The van der Waals surface area contributed by atoms with Gasteiger partial charge in [-0.2, -0.15) is 5.10 Å². The van der Waals surface area contributed by atoms with Crippen molar-refractivity contribution in [3.63, 3.8) is 0 Å². The van der Waals surface area contributed by atoms with Gasteiger partial charge in [-0.3, -0.25) is 4.79 Å². The van der Waals surface area contributed by atoms with Crippen molar-refractivity contribution in [3.8, 4) is 5.69 Å². The van der Waals surface area contributed by atoms with Crippen molar-refractivity contribution in [1.29, 1.82) is 0 Å². The van der Waals surface area contributed by atoms with Gasteiger partial charge in [-0.25, -0.2) is 4.68 Å². The standard InChI is InChI=1S/C11H9ClN2O2/c12-10-6-8(7-11(15)16)13-14(10)9-4-2-1-3-5-9/h1-6H,7H2,(H,15,16). The molecule has 82 valence electrons. The number of hydrogen-bond donors (Lipinski definition) is 1. The Kier molecular flexibility index (Phi) is 2.92. The van der Waals surface area contributed by atoms with E-state index in [0.29, 0.717) is 10.8 Å². The van der Waals surface area contributed by atoms with Crippen molar-refractivity contribution in [2.45, 2.75) is 6.42 Å². The van der Waals surface area contributed by atoms with E-state index in [1.807, 2.05) is 30.3 Å². The van der Waals surface area contributed by atoms with Gasteiger partial charge in [-0.05, 0) is 18.2 Å². The van der Waals surface area contributed by atoms with E-state index in [9.17, 15) is 4.79 Å². The Balaban J connectivity index is 2.36. The molecule has 0 bridgehead atoms. The van der Waals surface area contributed by atoms with E-state index in [-0.39, 0.29) is 6.42 Å². The number of aromatic nitrogens is 2. The number of carboxylic acid groups (broad SMARTS) is 1. The van der Waals surface area contributed by atoms with Crippen LogP contribution in [-0.2, 0) is 11.2 Å². The number of halogens is 1. The summed E-state index contributed by atoms with van der Waals surface area (Å²) in [6, 6.07) is 10.9. The zero-order chi connectivity index (χ0) is 11.5. The van der Waals surface area contributed by atoms with Crippen LogP contribution in [0.25, 0.3) is 5.69 Å². The predicted octanol–water partition coefficient (Wildman–Crippen LogP) is 2.15. The molecular formula is C11H9ClN2O2. The molecule has 0 amide bonds. The van der Waals surface area contributed by atoms with Crippen LogP contribution in [0.15, 0.2) is 36.4 Å². The van der Waals surface area contributed by atoms with E-state index in [4.69, 9.17) is 16.7 Å². The zero-order valence-corrected chi connectivity index (χ0v) is 9.05. The van der Waals surface area contributed by atoms with Gasteiger partial charge in [0.1, 0.15) is 5.15 Å². The van der Waals surface area contributed by atoms with Crippen LogP contribution in [-0.4, -0.2) is 20.9 Å². The first-order chi connectivity index (χ1) is 7.66. The molecule has 1 aromatic carbocycles. The van der Waals surface area contributed by atoms with Crippen LogP contribution in [0.5, 0.6) is 0 Å². The van der Waals surface area contributed by atoms with Crippen LogP contribution in [0.2, 0.25) is 5.15 Å². The maximum atomic E-state index is 10.5. The van der Waals surface area contributed by atoms with Crippen LogP contribution in [0.1, 0.15) is 5.69 Å². The zero-order valence-electron chi connectivity index (χ0n) is 8.30. The fourth-order valence-electron chi connectivity index (χ4n) is 1.40. The lowest BCUT2D eigenvalue weighted by Crippen LogP contribution is -2.02. The van der Waals surface area contributed by atoms with Crippen LogP contribution in [0, 0.1) is 0 Å². The summed E-state index contributed by atoms with van der Waals surface area (Å²) in [7, 11) is 0. The number of nitrogens with zero attached hydrogens (tertiary/aromatic N) is 2. The minimum atomic E-state index is -0.922. The summed E-state index contributed by atoms with van der Waals surface area (Å²) in [4.78, 5) is 10.5. The quantitative estimate of drug-likeness (QED) is 0.889. The van der Waals surface area contributed by atoms with Crippen molar-refractivity contribution >= 4 is 17.6 Å². The lowest BCUT2D eigenvalue weighted by molar-refractivity contribution is -0.136. The van der Waals surface area contributed by atoms with Gasteiger partial charge in [0.15, 0.2) is 0 Å². The van der Waals surface area contributed by atoms with Crippen molar-refractivity contribution in [2.75, 3.05) is 0 Å². The van der Waals surface area contributed by atoms with Crippen molar-refractivity contribution in [1.82, 2.24) is 9.78 Å². The van der Waals surface area contributed by atoms with Crippen LogP contribution < -0.4 is 0 Å². The molecule has 0 spiro atoms. The highest BCUT2D eigenvalue weighted by Crippen LogP contribution is 2.17. The molecule has 4 nitrogen and oxygen atoms in total. The molecule has 0 aliphatic rings. The maximum Gasteiger partial charge on any atom is 0.309 e. The van der Waals surface area contributed by atoms with Gasteiger partial charge in [0.25, 0.3) is 0 Å². The first-order valence-electron chi connectivity index (χ1n) is 4.68. The highest BCUT2D eigenvalue weighted by molar-refractivity contribution is 6.29. The number of aliphatic carboxylic acids is 1. The minimum Gasteiger partial charge on any atom is -0.481 e. The first kappa shape index (κ1) is 10.7. The summed E-state index contributed by atoms with van der Waals surface area (Å²) >= 11 is 5.97. The average Bonchev–Trinajstić information content (AvgIpc) is 2.60. The molecule has 0 aliphatic heterocycles. The molecular weight excluding hydrogens is 228 g/mol. The van der Waals surface area contributed by atoms with Crippen molar-refractivity contribution in [2.24, 2.45) is 0 Å². The van der Waals surface area contributed by atoms with Crippen molar-refractivity contribution in [3.05, 3.63) is 47.2 Å². The molecule has 1 aromatic heterocycles. The number of carbonyl (C=O) groups is 1. The number of benzene rings is 1. The van der Waals surface area contributed by atoms with E-state index in [2.05, 4.69) is 5.10 Å². The van der Waals surface area contributed by atoms with Crippen LogP contribution in [0.4, 0.5) is 0 Å². The smallest absolute Gasteiger partial charge is 0.309 e. The number of rotatable bonds is 3. The molecule has 0 aliphatic carbocycles. The summed E-state index contributed by atoms with van der Waals surface area (Å²) in [6.07, 6.45) is -0.125. The van der Waals surface area contributed by atoms with E-state index < -0.39 is 5.97 Å². The summed E-state index contributed by atoms with van der Waals surface area (Å²) in [5.74, 6) is -0.922. The molecule has 0 fully saturated rings. The van der Waals surface area contributed by atoms with Gasteiger partial charge >= 0.3 is 5.97 Å². The molecule has 0 atom stereocenters. The second-order valence-corrected chi connectivity index (χ2v) is 3.66. The highest BCUT2D eigenvalue weighted by atomic mass is 35.5. The third-order valence-electron chi connectivity index (χ3n) is 2.05. The molecule has 0 radical (unpaired) electrons. The van der Waals surface area contributed by atoms with Gasteiger partial charge in [-0.15, -0.1) is 0 Å². The second kappa shape index (κ2) is 4.37. The third-order valence-corrected chi connectivity index (χ3v) is 2.32. The monoisotopic (exact) mass is 236 g/mol. The van der Waals surface area contributed by atoms with Crippen molar-refractivity contribution < 1.29 is 9.90 Å². The van der Waals surface area contributed by atoms with E-state index in [1.54, 1.807) is 6.07 Å². The Hall–Kier alpha value is -1.81. The SMILES string of the molecule is O=C(O)Cc1cc(Cl)n(-c2ccccc2)n1. The molecule has 1 heterocycles. The lowest BCUT2D eigenvalue weighted by Gasteiger charge is -2.01. The Morgan fingerprint density at radius 2 is 2.06 bits per heavy atom. The molecule has 0 saturated heterocycles. The molecule has 1 N–H and O–H groups in total. The van der Waals surface area contributed by atoms with Gasteiger partial charge in [-0.1, -0.05) is 29.8 Å². The Labute approximate surface area is 97.1 Å². The number of hydrogen-bond acceptors (Lipinski definition) is 2. The number of carboxylic acids is 1. The maximum absolute atomic E-state index is 10.5. The Bertz CT molecular complexity index is 508. The van der Waals surface area contributed by atoms with E-state index >= 15 is 0 Å². The van der Waals surface area contributed by atoms with E-state index in [0.717, 1.165) is 5.69 Å². The molecule has 2 rings (SSSR count). The second-order valence-electron chi connectivity index (χ2n) is 3.28. The summed E-state index contributed by atoms with van der Waals surface area (Å²) in [6.45, 7) is 0. The third kappa shape index (κ3) is 2.23. The Morgan fingerprint density at radius 3 is 2.69 bits per heavy atom. The average molecular weight is 237 g/mol. The summed E-state index contributed by atoms with van der Waals surface area (Å²) in [5, 5.41) is 13.2. The van der Waals surface area contributed by atoms with E-state index in [1.165, 1.54) is 4.68 Å². The summed E-state index contributed by atoms with van der Waals surface area (Å²) < 4.78 is 1.51. The molecule has 2 aromatic rings. The molecule has 5 heteroatoms. The molecule has 0 unspecified atom stereocenters. The Morgan fingerprint density at radius 1 is 1.38 bits per heavy atom. The van der Waals surface area contributed by atoms with Crippen LogP contribution >= 0.6 is 11.6 Å². The molecule has 0 saturated carbocycles. The lowest BCUT2D eigenvalue weighted by atomic mass is 10.3. The summed E-state index contributed by atoms with van der Waals surface area (Å²) in [5.41, 5.74) is 1.26. The van der Waals surface area contributed by atoms with Crippen LogP contribution in [0.3, 0.4) is 0 Å². The first-order valence-corrected chi connectivity index (χ1v) is 5.06. The fraction of sp³-hybridized carbons (Fsp3) is 0.0909. The number of para-hydroxylation sites is 1. The van der Waals surface area contributed by atoms with Gasteiger partial charge in [0.2, 0.25) is 0 Å². The topological polar surface area (TPSA) is 55.1 Å². The fourth-order valence-corrected chi connectivity index (χ4v) is 1.66. The van der Waals surface area contributed by atoms with Gasteiger partial charge < -0.3 is 5.11 Å².